The van der Waals surface area contributed by atoms with Crippen LogP contribution in [0.5, 0.6) is 5.75 Å². The maximum absolute atomic E-state index is 13.1. The van der Waals surface area contributed by atoms with Gasteiger partial charge in [-0.3, -0.25) is 14.9 Å². The Balaban J connectivity index is 1.42. The van der Waals surface area contributed by atoms with Gasteiger partial charge in [0.1, 0.15) is 22.9 Å². The molecule has 3 heterocycles. The Bertz CT molecular complexity index is 1500. The summed E-state index contributed by atoms with van der Waals surface area (Å²) in [5.41, 5.74) is 1.77. The largest absolute Gasteiger partial charge is 0.497 e. The third-order valence-corrected chi connectivity index (χ3v) is 6.59. The Labute approximate surface area is 219 Å². The monoisotopic (exact) mass is 513 g/mol. The molecule has 0 spiro atoms. The molecule has 2 aromatic carbocycles. The maximum Gasteiger partial charge on any atom is 0.322 e. The Morgan fingerprint density at radius 1 is 1.13 bits per heavy atom. The quantitative estimate of drug-likeness (QED) is 0.219. The highest BCUT2D eigenvalue weighted by molar-refractivity contribution is 6.07. The predicted octanol–water partition coefficient (Wildman–Crippen LogP) is 3.45. The second-order valence-electron chi connectivity index (χ2n) is 9.17. The van der Waals surface area contributed by atoms with Crippen LogP contribution >= 0.6 is 0 Å². The molecule has 0 aliphatic carbocycles. The molecule has 1 saturated heterocycles. The second kappa shape index (κ2) is 10.3. The lowest BCUT2D eigenvalue weighted by molar-refractivity contribution is -0.127. The molecule has 5 rings (SSSR count). The lowest BCUT2D eigenvalue weighted by Crippen LogP contribution is -2.52. The van der Waals surface area contributed by atoms with Crippen molar-refractivity contribution in [3.8, 4) is 5.75 Å². The van der Waals surface area contributed by atoms with Crippen molar-refractivity contribution >= 4 is 35.1 Å². The number of urea groups is 1. The van der Waals surface area contributed by atoms with Crippen molar-refractivity contribution in [3.63, 3.8) is 0 Å². The van der Waals surface area contributed by atoms with Crippen molar-refractivity contribution in [2.45, 2.75) is 25.6 Å². The molecule has 4 aromatic rings. The van der Waals surface area contributed by atoms with Crippen molar-refractivity contribution in [2.75, 3.05) is 19.0 Å². The molecule has 194 valence electrons. The summed E-state index contributed by atoms with van der Waals surface area (Å²) in [6.45, 7) is 2.57. The molecule has 1 aliphatic heterocycles. The van der Waals surface area contributed by atoms with E-state index in [0.717, 1.165) is 27.9 Å². The number of nitrogens with zero attached hydrogens (tertiary/aromatic N) is 2. The number of pyridine rings is 1. The lowest BCUT2D eigenvalue weighted by atomic mass is 9.94. The Morgan fingerprint density at radius 2 is 2.00 bits per heavy atom. The normalized spacial score (nSPS) is 16.7. The van der Waals surface area contributed by atoms with Gasteiger partial charge in [0.05, 0.1) is 13.7 Å². The molecule has 10 heteroatoms. The average molecular weight is 514 g/mol. The molecule has 4 amide bonds. The summed E-state index contributed by atoms with van der Waals surface area (Å²) >= 11 is 0. The third kappa shape index (κ3) is 4.88. The summed E-state index contributed by atoms with van der Waals surface area (Å²) in [4.78, 5) is 43.2. The minimum absolute atomic E-state index is 0.118. The van der Waals surface area contributed by atoms with Crippen LogP contribution in [0.1, 0.15) is 22.5 Å². The molecular weight excluding hydrogens is 486 g/mol. The number of amides is 4. The lowest BCUT2D eigenvalue weighted by Gasteiger charge is -2.29. The standard InChI is InChI=1S/C28H27N5O5/c1-18-11-22(37-2)8-7-20(18)15-33(17-34)16-28(26(35)31-27(36)32-28)24-13-21-12-19(6-9-23(21)38-24)14-30-25-5-3-4-10-29-25/h3-13,17H,14-16H2,1-2H3,(H,29,30)(H2,31,32,35,36)/t28-/m0/s1. The van der Waals surface area contributed by atoms with Gasteiger partial charge in [0.15, 0.2) is 5.54 Å². The predicted molar refractivity (Wildman–Crippen MR) is 140 cm³/mol. The number of hydrogen-bond donors (Lipinski definition) is 3. The van der Waals surface area contributed by atoms with Crippen LogP contribution in [0, 0.1) is 6.92 Å². The van der Waals surface area contributed by atoms with Gasteiger partial charge in [-0.25, -0.2) is 9.78 Å². The van der Waals surface area contributed by atoms with Crippen molar-refractivity contribution in [1.82, 2.24) is 20.5 Å². The topological polar surface area (TPSA) is 126 Å². The van der Waals surface area contributed by atoms with E-state index >= 15 is 0 Å². The molecule has 0 saturated carbocycles. The Hall–Kier alpha value is -4.86. The van der Waals surface area contributed by atoms with Crippen LogP contribution in [0.2, 0.25) is 0 Å². The van der Waals surface area contributed by atoms with Crippen molar-refractivity contribution in [2.24, 2.45) is 0 Å². The van der Waals surface area contributed by atoms with Gasteiger partial charge >= 0.3 is 6.03 Å². The number of carbonyl (C=O) groups excluding carboxylic acids is 3. The van der Waals surface area contributed by atoms with E-state index in [1.165, 1.54) is 4.90 Å². The number of anilines is 1. The molecule has 0 radical (unpaired) electrons. The number of benzene rings is 2. The molecule has 3 N–H and O–H groups in total. The van der Waals surface area contributed by atoms with E-state index < -0.39 is 17.5 Å². The summed E-state index contributed by atoms with van der Waals surface area (Å²) < 4.78 is 11.3. The highest BCUT2D eigenvalue weighted by Gasteiger charge is 2.51. The SMILES string of the molecule is COc1ccc(CN(C=O)C[C@@]2(c3cc4cc(CNc5ccccn5)ccc4o3)NC(=O)NC2=O)c(C)c1. The number of carbonyl (C=O) groups is 3. The first kappa shape index (κ1) is 24.8. The first-order chi connectivity index (χ1) is 18.4. The number of methoxy groups -OCH3 is 1. The average Bonchev–Trinajstić information content (AvgIpc) is 3.48. The Morgan fingerprint density at radius 3 is 2.68 bits per heavy atom. The first-order valence-corrected chi connectivity index (χ1v) is 12.0. The van der Waals surface area contributed by atoms with Gasteiger partial charge in [-0.2, -0.15) is 0 Å². The van der Waals surface area contributed by atoms with Crippen molar-refractivity contribution in [1.29, 1.82) is 0 Å². The van der Waals surface area contributed by atoms with E-state index in [-0.39, 0.29) is 18.8 Å². The van der Waals surface area contributed by atoms with E-state index in [4.69, 9.17) is 9.15 Å². The number of ether oxygens (including phenoxy) is 1. The minimum atomic E-state index is -1.58. The van der Waals surface area contributed by atoms with Gasteiger partial charge in [0.25, 0.3) is 5.91 Å². The highest BCUT2D eigenvalue weighted by Crippen LogP contribution is 2.32. The van der Waals surface area contributed by atoms with Crippen molar-refractivity contribution < 1.29 is 23.5 Å². The number of hydrogen-bond acceptors (Lipinski definition) is 7. The summed E-state index contributed by atoms with van der Waals surface area (Å²) in [5.74, 6) is 1.12. The van der Waals surface area contributed by atoms with Crippen LogP contribution in [0.25, 0.3) is 11.0 Å². The number of rotatable bonds is 10. The zero-order valence-electron chi connectivity index (χ0n) is 21.0. The molecule has 10 nitrogen and oxygen atoms in total. The van der Waals surface area contributed by atoms with E-state index in [9.17, 15) is 14.4 Å². The molecule has 1 atom stereocenters. The third-order valence-electron chi connectivity index (χ3n) is 6.59. The van der Waals surface area contributed by atoms with Crippen LogP contribution in [0.15, 0.2) is 71.3 Å². The van der Waals surface area contributed by atoms with Crippen LogP contribution < -0.4 is 20.7 Å². The van der Waals surface area contributed by atoms with Crippen LogP contribution in [0.4, 0.5) is 10.6 Å². The fraction of sp³-hybridized carbons (Fsp3) is 0.214. The summed E-state index contributed by atoms with van der Waals surface area (Å²) in [6, 6.07) is 17.9. The fourth-order valence-corrected chi connectivity index (χ4v) is 4.55. The van der Waals surface area contributed by atoms with Gasteiger partial charge in [0.2, 0.25) is 6.41 Å². The number of aryl methyl sites for hydroxylation is 1. The molecule has 0 bridgehead atoms. The van der Waals surface area contributed by atoms with Crippen LogP contribution in [-0.2, 0) is 28.2 Å². The zero-order chi connectivity index (χ0) is 26.7. The number of fused-ring (bicyclic) bond motifs is 1. The smallest absolute Gasteiger partial charge is 0.322 e. The van der Waals surface area contributed by atoms with Crippen molar-refractivity contribution in [3.05, 3.63) is 89.3 Å². The molecule has 1 fully saturated rings. The Kier molecular flexibility index (Phi) is 6.69. The summed E-state index contributed by atoms with van der Waals surface area (Å²) in [7, 11) is 1.59. The number of furan rings is 1. The number of aromatic nitrogens is 1. The molecule has 2 aromatic heterocycles. The maximum atomic E-state index is 13.1. The van der Waals surface area contributed by atoms with Gasteiger partial charge in [-0.1, -0.05) is 18.2 Å². The second-order valence-corrected chi connectivity index (χ2v) is 9.17. The molecular formula is C28H27N5O5. The minimum Gasteiger partial charge on any atom is -0.497 e. The van der Waals surface area contributed by atoms with E-state index in [0.29, 0.717) is 24.3 Å². The number of imide groups is 1. The van der Waals surface area contributed by atoms with Gasteiger partial charge in [0, 0.05) is 24.7 Å². The van der Waals surface area contributed by atoms with Gasteiger partial charge < -0.3 is 24.7 Å². The number of nitrogens with one attached hydrogen (secondary N) is 3. The van der Waals surface area contributed by atoms with E-state index in [1.807, 2.05) is 61.5 Å². The van der Waals surface area contributed by atoms with E-state index in [1.54, 1.807) is 19.4 Å². The summed E-state index contributed by atoms with van der Waals surface area (Å²) in [5, 5.41) is 9.02. The van der Waals surface area contributed by atoms with Crippen LogP contribution in [0.3, 0.4) is 0 Å². The molecule has 1 aliphatic rings. The van der Waals surface area contributed by atoms with Gasteiger partial charge in [-0.15, -0.1) is 0 Å². The zero-order valence-corrected chi connectivity index (χ0v) is 21.0. The molecule has 0 unspecified atom stereocenters. The molecule has 38 heavy (non-hydrogen) atoms. The first-order valence-electron chi connectivity index (χ1n) is 12.0. The summed E-state index contributed by atoms with van der Waals surface area (Å²) in [6.07, 6.45) is 2.38. The van der Waals surface area contributed by atoms with Crippen LogP contribution in [-0.4, -0.2) is 41.9 Å². The highest BCUT2D eigenvalue weighted by atomic mass is 16.5. The van der Waals surface area contributed by atoms with Gasteiger partial charge in [-0.05, 0) is 66.1 Å². The van der Waals surface area contributed by atoms with E-state index in [2.05, 4.69) is 20.9 Å². The fourth-order valence-electron chi connectivity index (χ4n) is 4.55.